The molecule has 6 aromatic carbocycles. The van der Waals surface area contributed by atoms with E-state index >= 15 is 0 Å². The summed E-state index contributed by atoms with van der Waals surface area (Å²) in [6.45, 7) is 14.8. The zero-order chi connectivity index (χ0) is 42.7. The molecule has 6 heteroatoms. The van der Waals surface area contributed by atoms with Crippen LogP contribution in [0.5, 0.6) is 0 Å². The minimum Gasteiger partial charge on any atom is -0.358 e. The summed E-state index contributed by atoms with van der Waals surface area (Å²) in [5.74, 6) is 1.89. The molecule has 314 valence electrons. The maximum atomic E-state index is 4.65. The summed E-state index contributed by atoms with van der Waals surface area (Å²) >= 11 is 0. The molecule has 0 radical (unpaired) electrons. The Morgan fingerprint density at radius 2 is 1.16 bits per heavy atom. The third kappa shape index (κ3) is 11.6. The van der Waals surface area contributed by atoms with Crippen LogP contribution in [0.3, 0.4) is 0 Å². The molecule has 0 saturated carbocycles. The van der Waals surface area contributed by atoms with Crippen LogP contribution in [0.25, 0.3) is 45.3 Å². The molecule has 1 aliphatic carbocycles. The van der Waals surface area contributed by atoms with Gasteiger partial charge in [-0.05, 0) is 123 Å². The molecule has 9 rings (SSSR count). The first-order valence-corrected chi connectivity index (χ1v) is 21.1. The summed E-state index contributed by atoms with van der Waals surface area (Å²) in [5, 5.41) is 0. The van der Waals surface area contributed by atoms with E-state index in [0.717, 1.165) is 41.3 Å². The first-order chi connectivity index (χ1) is 29.8. The molecule has 8 aromatic rings. The number of rotatable bonds is 8. The van der Waals surface area contributed by atoms with Crippen LogP contribution in [0.4, 0.5) is 11.4 Å². The summed E-state index contributed by atoms with van der Waals surface area (Å²) in [6, 6.07) is 50.2. The smallest absolute Gasteiger partial charge is 0.358 e. The Hall–Kier alpha value is -5.50. The van der Waals surface area contributed by atoms with Gasteiger partial charge < -0.3 is 23.3 Å². The molecule has 2 aromatic heterocycles. The molecule has 0 amide bonds. The van der Waals surface area contributed by atoms with Crippen molar-refractivity contribution in [3.63, 3.8) is 0 Å². The molecule has 0 unspecified atom stereocenters. The van der Waals surface area contributed by atoms with Gasteiger partial charge in [-0.2, -0.15) is 13.8 Å². The molecular formula is C57H58N5Sr-. The van der Waals surface area contributed by atoms with E-state index in [9.17, 15) is 0 Å². The van der Waals surface area contributed by atoms with E-state index in [-0.39, 0.29) is 52.9 Å². The van der Waals surface area contributed by atoms with Gasteiger partial charge in [-0.3, -0.25) is 9.55 Å². The molecule has 2 heterocycles. The Balaban J connectivity index is 0.000000262. The van der Waals surface area contributed by atoms with E-state index in [1.54, 1.807) is 0 Å². The standard InChI is InChI=1S/C36H32N3.C17H16N2.C3H7.CH3.Sr/c1-26-17-19-33(20-18-26)39(32-14-8-5-9-15-32)34-16-10-13-30(25-34)31-23-27(2)35(28(3)24-31)38-22-21-37-36(38)29-11-6-4-7-12-29;1-13-7-6-8-14(2)16(13)19-12-11-18-17(19)15-9-4-3-5-10-15;1-3-2;;/h4,6-8,10-11,13-25H,5,9H2,1-3H3;3-12H,1-2H3;3H,1-2H3;1H3;/q-1;;2*-1;+2. The number of benzene rings is 6. The van der Waals surface area contributed by atoms with Crippen LogP contribution in [0.15, 0.2) is 182 Å². The van der Waals surface area contributed by atoms with Gasteiger partial charge in [-0.1, -0.05) is 90.5 Å². The molecule has 0 fully saturated rings. The van der Waals surface area contributed by atoms with Crippen molar-refractivity contribution in [2.45, 2.75) is 61.3 Å². The summed E-state index contributed by atoms with van der Waals surface area (Å²) in [7, 11) is 0. The average Bonchev–Trinajstić information content (AvgIpc) is 3.97. The molecular weight excluding hydrogens is 842 g/mol. The predicted octanol–water partition coefficient (Wildman–Crippen LogP) is 14.8. The molecule has 0 N–H and O–H groups in total. The largest absolute Gasteiger partial charge is 2.00 e. The Bertz CT molecular complexity index is 2700. The third-order valence-electron chi connectivity index (χ3n) is 10.6. The second kappa shape index (κ2) is 23.3. The maximum Gasteiger partial charge on any atom is 2.00 e. The second-order valence-electron chi connectivity index (χ2n) is 15.5. The van der Waals surface area contributed by atoms with Gasteiger partial charge in [-0.15, -0.1) is 35.9 Å². The van der Waals surface area contributed by atoms with Crippen molar-refractivity contribution >= 4 is 56.9 Å². The number of hydrogen-bond acceptors (Lipinski definition) is 3. The first kappa shape index (κ1) is 48.5. The van der Waals surface area contributed by atoms with E-state index in [4.69, 9.17) is 0 Å². The van der Waals surface area contributed by atoms with Crippen LogP contribution in [-0.2, 0) is 0 Å². The topological polar surface area (TPSA) is 38.9 Å². The first-order valence-electron chi connectivity index (χ1n) is 21.1. The second-order valence-corrected chi connectivity index (χ2v) is 15.5. The Morgan fingerprint density at radius 1 is 0.571 bits per heavy atom. The third-order valence-corrected chi connectivity index (χ3v) is 10.6. The van der Waals surface area contributed by atoms with Gasteiger partial charge in [0.05, 0.1) is 11.5 Å². The van der Waals surface area contributed by atoms with E-state index < -0.39 is 0 Å². The van der Waals surface area contributed by atoms with Crippen LogP contribution in [-0.4, -0.2) is 64.6 Å². The fourth-order valence-corrected chi connectivity index (χ4v) is 7.92. The van der Waals surface area contributed by atoms with E-state index in [1.165, 1.54) is 61.7 Å². The number of anilines is 2. The summed E-state index contributed by atoms with van der Waals surface area (Å²) in [5.41, 5.74) is 16.7. The van der Waals surface area contributed by atoms with Crippen molar-refractivity contribution < 1.29 is 0 Å². The summed E-state index contributed by atoms with van der Waals surface area (Å²) in [4.78, 5) is 11.5. The number of hydrogen-bond donors (Lipinski definition) is 0. The van der Waals surface area contributed by atoms with E-state index in [1.807, 2.05) is 81.5 Å². The maximum absolute atomic E-state index is 4.65. The fourth-order valence-electron chi connectivity index (χ4n) is 7.92. The summed E-state index contributed by atoms with van der Waals surface area (Å²) < 4.78 is 4.34. The fraction of sp³-hybridized carbons (Fsp3) is 0.158. The van der Waals surface area contributed by atoms with E-state index in [0.29, 0.717) is 0 Å². The number of aryl methyl sites for hydroxylation is 5. The molecule has 1 aliphatic rings. The summed E-state index contributed by atoms with van der Waals surface area (Å²) in [6.07, 6.45) is 18.8. The monoisotopic (exact) mass is 900 g/mol. The van der Waals surface area contributed by atoms with Gasteiger partial charge in [0.25, 0.3) is 0 Å². The molecule has 0 bridgehead atoms. The Kier molecular flexibility index (Phi) is 17.9. The number of para-hydroxylation sites is 1. The number of nitrogens with zero attached hydrogens (tertiary/aromatic N) is 5. The van der Waals surface area contributed by atoms with Crippen LogP contribution >= 0.6 is 0 Å². The molecule has 0 atom stereocenters. The van der Waals surface area contributed by atoms with Gasteiger partial charge in [0.15, 0.2) is 0 Å². The molecule has 0 saturated heterocycles. The van der Waals surface area contributed by atoms with Gasteiger partial charge in [0.2, 0.25) is 0 Å². The van der Waals surface area contributed by atoms with Crippen molar-refractivity contribution in [3.8, 4) is 45.3 Å². The van der Waals surface area contributed by atoms with Gasteiger partial charge in [0.1, 0.15) is 5.82 Å². The predicted molar refractivity (Wildman–Crippen MR) is 269 cm³/mol. The zero-order valence-electron chi connectivity index (χ0n) is 38.2. The molecule has 0 aliphatic heterocycles. The van der Waals surface area contributed by atoms with Crippen LogP contribution in [0.1, 0.15) is 54.5 Å². The molecule has 0 spiro atoms. The Morgan fingerprint density at radius 3 is 1.78 bits per heavy atom. The van der Waals surface area contributed by atoms with Crippen molar-refractivity contribution in [3.05, 3.63) is 230 Å². The van der Waals surface area contributed by atoms with E-state index in [2.05, 4.69) is 180 Å². The van der Waals surface area contributed by atoms with Gasteiger partial charge in [0, 0.05) is 53.1 Å². The average molecular weight is 901 g/mol. The molecule has 5 nitrogen and oxygen atoms in total. The van der Waals surface area contributed by atoms with Crippen LogP contribution in [0.2, 0.25) is 0 Å². The van der Waals surface area contributed by atoms with Gasteiger partial charge >= 0.3 is 45.5 Å². The normalized spacial score (nSPS) is 11.4. The van der Waals surface area contributed by atoms with Gasteiger partial charge in [-0.25, -0.2) is 4.98 Å². The SMILES string of the molecule is C[CH-]C.Cc1ccc(N(C2=CCCC=C2)c2cccc(-c3cc(C)c(-n4ccnc4-c4[c-]cccc4)c(C)c3)c2)cc1.Cc1cccc(C)c1-n1ccnc1-c1ccccc1.[CH3-].[Sr+2]. The van der Waals surface area contributed by atoms with Crippen molar-refractivity contribution in [2.24, 2.45) is 0 Å². The van der Waals surface area contributed by atoms with Crippen molar-refractivity contribution in [1.82, 2.24) is 19.1 Å². The van der Waals surface area contributed by atoms with Crippen molar-refractivity contribution in [2.75, 3.05) is 4.90 Å². The number of imidazole rings is 2. The van der Waals surface area contributed by atoms with Crippen LogP contribution < -0.4 is 4.90 Å². The zero-order valence-corrected chi connectivity index (χ0v) is 41.7. The number of allylic oxidation sites excluding steroid dienone is 3. The minimum absolute atomic E-state index is 0. The number of aromatic nitrogens is 4. The molecule has 63 heavy (non-hydrogen) atoms. The van der Waals surface area contributed by atoms with Crippen molar-refractivity contribution in [1.29, 1.82) is 0 Å². The van der Waals surface area contributed by atoms with Crippen LogP contribution in [0, 0.1) is 54.5 Å². The quantitative estimate of drug-likeness (QED) is 0.113. The Labute approximate surface area is 413 Å². The minimum atomic E-state index is 0.